The molecule has 0 aliphatic heterocycles. The Labute approximate surface area is 217 Å². The van der Waals surface area contributed by atoms with Crippen LogP contribution in [0.3, 0.4) is 0 Å². The van der Waals surface area contributed by atoms with E-state index in [1.807, 2.05) is 13.8 Å². The molecule has 0 heterocycles. The van der Waals surface area contributed by atoms with Crippen LogP contribution in [0.1, 0.15) is 90.9 Å². The van der Waals surface area contributed by atoms with Gasteiger partial charge in [-0.1, -0.05) is 13.8 Å². The summed E-state index contributed by atoms with van der Waals surface area (Å²) in [6.45, 7) is 3.84. The first kappa shape index (κ1) is 29.2. The Kier molecular flexibility index (Phi) is 10.2. The summed E-state index contributed by atoms with van der Waals surface area (Å²) < 4.78 is 32.1. The molecule has 10 heteroatoms. The van der Waals surface area contributed by atoms with Gasteiger partial charge < -0.3 is 15.4 Å². The number of amides is 2. The van der Waals surface area contributed by atoms with Gasteiger partial charge in [-0.25, -0.2) is 8.78 Å². The maximum Gasteiger partial charge on any atom is 0.306 e. The molecule has 3 aliphatic carbocycles. The van der Waals surface area contributed by atoms with Crippen molar-refractivity contribution in [3.8, 4) is 0 Å². The monoisotopic (exact) mass is 526 g/mol. The molecule has 8 nitrogen and oxygen atoms in total. The lowest BCUT2D eigenvalue weighted by Gasteiger charge is -2.28. The summed E-state index contributed by atoms with van der Waals surface area (Å²) in [7, 11) is 0. The number of rotatable bonds is 13. The summed E-state index contributed by atoms with van der Waals surface area (Å²) in [6.07, 6.45) is 3.68. The molecule has 0 radical (unpaired) electrons. The van der Waals surface area contributed by atoms with Gasteiger partial charge in [0.1, 0.15) is 5.78 Å². The molecule has 3 atom stereocenters. The minimum atomic E-state index is -2.66. The van der Waals surface area contributed by atoms with Gasteiger partial charge in [0.15, 0.2) is 0 Å². The third-order valence-electron chi connectivity index (χ3n) is 7.58. The zero-order chi connectivity index (χ0) is 27.2. The minimum absolute atomic E-state index is 0.0254. The Morgan fingerprint density at radius 2 is 1.73 bits per heavy atom. The van der Waals surface area contributed by atoms with Crippen LogP contribution in [0.2, 0.25) is 0 Å². The second kappa shape index (κ2) is 12.9. The van der Waals surface area contributed by atoms with Crippen molar-refractivity contribution in [1.82, 2.24) is 10.6 Å². The zero-order valence-corrected chi connectivity index (χ0v) is 21.9. The van der Waals surface area contributed by atoms with E-state index in [1.54, 1.807) is 0 Å². The number of hydrogen-bond donors (Lipinski definition) is 2. The number of hydrogen-bond acceptors (Lipinski definition) is 6. The van der Waals surface area contributed by atoms with Crippen LogP contribution >= 0.6 is 0 Å². The first-order chi connectivity index (χ1) is 17.4. The molecule has 3 aliphatic rings. The van der Waals surface area contributed by atoms with Crippen molar-refractivity contribution < 1.29 is 37.5 Å². The topological polar surface area (TPSA) is 119 Å². The Morgan fingerprint density at radius 1 is 1.05 bits per heavy atom. The minimum Gasteiger partial charge on any atom is -0.465 e. The normalized spacial score (nSPS) is 23.4. The van der Waals surface area contributed by atoms with E-state index in [-0.39, 0.29) is 74.7 Å². The molecule has 0 aromatic rings. The third kappa shape index (κ3) is 9.45. The lowest BCUT2D eigenvalue weighted by Crippen LogP contribution is -2.50. The molecule has 0 saturated heterocycles. The van der Waals surface area contributed by atoms with E-state index in [1.165, 1.54) is 0 Å². The molecule has 0 aromatic heterocycles. The third-order valence-corrected chi connectivity index (χ3v) is 7.58. The van der Waals surface area contributed by atoms with Gasteiger partial charge in [-0.15, -0.1) is 0 Å². The highest BCUT2D eigenvalue weighted by molar-refractivity contribution is 6.38. The van der Waals surface area contributed by atoms with Gasteiger partial charge in [-0.05, 0) is 63.2 Å². The molecule has 3 rings (SSSR count). The molecule has 0 unspecified atom stereocenters. The lowest BCUT2D eigenvalue weighted by atomic mass is 9.87. The first-order valence-corrected chi connectivity index (χ1v) is 13.6. The van der Waals surface area contributed by atoms with Crippen molar-refractivity contribution in [3.05, 3.63) is 0 Å². The zero-order valence-electron chi connectivity index (χ0n) is 21.9. The fraction of sp³-hybridized carbons (Fsp3) is 0.815. The molecular formula is C27H40F2N2O6. The summed E-state index contributed by atoms with van der Waals surface area (Å²) in [4.78, 5) is 63.4. The maximum atomic E-state index is 13.4. The van der Waals surface area contributed by atoms with E-state index in [4.69, 9.17) is 4.74 Å². The summed E-state index contributed by atoms with van der Waals surface area (Å²) in [5.74, 6) is -6.56. The molecule has 2 amide bonds. The van der Waals surface area contributed by atoms with Gasteiger partial charge in [0.2, 0.25) is 17.6 Å². The van der Waals surface area contributed by atoms with E-state index >= 15 is 0 Å². The SMILES string of the molecule is CC(C)C[C@H](CC(=O)OCC1CCC(F)(F)CC1)C(=O)N[C@@H](C[C@@H]1CCCC1=O)C(=O)C(=O)NC1CC1. The molecule has 2 N–H and O–H groups in total. The standard InChI is InChI=1S/C27H40F2N2O6/c1-16(2)12-19(14-23(33)37-15-17-8-10-27(28,29)11-9-17)25(35)31-21(13-18-4-3-5-22(18)32)24(34)26(36)30-20-6-7-20/h16-21H,3-15H2,1-2H3,(H,30,36)(H,31,35)/t18-,19+,21-/m0/s1. The van der Waals surface area contributed by atoms with Gasteiger partial charge in [-0.2, -0.15) is 0 Å². The molecule has 0 spiro atoms. The fourth-order valence-electron chi connectivity index (χ4n) is 5.17. The fourth-order valence-corrected chi connectivity index (χ4v) is 5.17. The summed E-state index contributed by atoms with van der Waals surface area (Å²) in [5.41, 5.74) is 0. The predicted molar refractivity (Wildman–Crippen MR) is 130 cm³/mol. The predicted octanol–water partition coefficient (Wildman–Crippen LogP) is 3.50. The van der Waals surface area contributed by atoms with E-state index in [2.05, 4.69) is 10.6 Å². The average Bonchev–Trinajstić information content (AvgIpc) is 3.55. The van der Waals surface area contributed by atoms with Crippen molar-refractivity contribution in [2.24, 2.45) is 23.7 Å². The average molecular weight is 527 g/mol. The van der Waals surface area contributed by atoms with Gasteiger partial charge in [0, 0.05) is 37.1 Å². The van der Waals surface area contributed by atoms with Crippen LogP contribution < -0.4 is 10.6 Å². The number of Topliss-reactive ketones (excluding diaryl/α,β-unsaturated/α-hetero) is 2. The van der Waals surface area contributed by atoms with Gasteiger partial charge >= 0.3 is 5.97 Å². The van der Waals surface area contributed by atoms with Crippen LogP contribution in [0.4, 0.5) is 8.78 Å². The number of esters is 1. The van der Waals surface area contributed by atoms with E-state index in [0.717, 1.165) is 12.8 Å². The second-order valence-corrected chi connectivity index (χ2v) is 11.5. The van der Waals surface area contributed by atoms with Crippen LogP contribution in [-0.4, -0.2) is 54.0 Å². The number of carbonyl (C=O) groups excluding carboxylic acids is 5. The molecule has 0 bridgehead atoms. The Hall–Kier alpha value is -2.39. The number of ether oxygens (including phenoxy) is 1. The van der Waals surface area contributed by atoms with E-state index < -0.39 is 41.4 Å². The van der Waals surface area contributed by atoms with E-state index in [0.29, 0.717) is 25.7 Å². The molecule has 0 aromatic carbocycles. The summed E-state index contributed by atoms with van der Waals surface area (Å²) >= 11 is 0. The highest BCUT2D eigenvalue weighted by Crippen LogP contribution is 2.36. The van der Waals surface area contributed by atoms with Crippen LogP contribution in [0, 0.1) is 23.7 Å². The Morgan fingerprint density at radius 3 is 2.30 bits per heavy atom. The Balaban J connectivity index is 1.59. The number of carbonyl (C=O) groups is 5. The first-order valence-electron chi connectivity index (χ1n) is 13.6. The number of alkyl halides is 2. The van der Waals surface area contributed by atoms with Crippen LogP contribution in [-0.2, 0) is 28.7 Å². The van der Waals surface area contributed by atoms with Crippen molar-refractivity contribution in [3.63, 3.8) is 0 Å². The number of nitrogens with one attached hydrogen (secondary N) is 2. The second-order valence-electron chi connectivity index (χ2n) is 11.5. The van der Waals surface area contributed by atoms with Crippen LogP contribution in [0.25, 0.3) is 0 Å². The number of halogens is 2. The van der Waals surface area contributed by atoms with E-state index in [9.17, 15) is 32.8 Å². The molecule has 3 saturated carbocycles. The van der Waals surface area contributed by atoms with Crippen molar-refractivity contribution in [1.29, 1.82) is 0 Å². The van der Waals surface area contributed by atoms with Crippen LogP contribution in [0.5, 0.6) is 0 Å². The maximum absolute atomic E-state index is 13.4. The quantitative estimate of drug-likeness (QED) is 0.280. The van der Waals surface area contributed by atoms with Gasteiger partial charge in [0.25, 0.3) is 5.91 Å². The molecule has 208 valence electrons. The molecule has 3 fully saturated rings. The lowest BCUT2D eigenvalue weighted by molar-refractivity contribution is -0.150. The summed E-state index contributed by atoms with van der Waals surface area (Å²) in [5, 5.41) is 5.32. The molecule has 37 heavy (non-hydrogen) atoms. The van der Waals surface area contributed by atoms with Gasteiger partial charge in [-0.3, -0.25) is 24.0 Å². The summed E-state index contributed by atoms with van der Waals surface area (Å²) in [6, 6.07) is -1.17. The highest BCUT2D eigenvalue weighted by atomic mass is 19.3. The van der Waals surface area contributed by atoms with Crippen molar-refractivity contribution in [2.45, 2.75) is 109 Å². The largest absolute Gasteiger partial charge is 0.465 e. The highest BCUT2D eigenvalue weighted by Gasteiger charge is 2.38. The van der Waals surface area contributed by atoms with Crippen molar-refractivity contribution >= 4 is 29.4 Å². The van der Waals surface area contributed by atoms with Crippen molar-refractivity contribution in [2.75, 3.05) is 6.61 Å². The molecular weight excluding hydrogens is 486 g/mol. The Bertz CT molecular complexity index is 863. The van der Waals surface area contributed by atoms with Crippen LogP contribution in [0.15, 0.2) is 0 Å². The smallest absolute Gasteiger partial charge is 0.306 e. The van der Waals surface area contributed by atoms with Gasteiger partial charge in [0.05, 0.1) is 19.1 Å². The number of ketones is 2.